The highest BCUT2D eigenvalue weighted by Gasteiger charge is 2.30. The summed E-state index contributed by atoms with van der Waals surface area (Å²) in [5.74, 6) is 1.13. The first-order valence-corrected chi connectivity index (χ1v) is 9.07. The van der Waals surface area contributed by atoms with Gasteiger partial charge in [-0.3, -0.25) is 9.59 Å². The normalized spacial score (nSPS) is 20.2. The lowest BCUT2D eigenvalue weighted by molar-refractivity contribution is -0.127. The SMILES string of the molecule is CCC[C@@H](C)NC(=O)[C@H]1CCCN(C(=O)c2ccc3c(c2)OCO3)C1. The Bertz CT molecular complexity index is 646. The van der Waals surface area contributed by atoms with Crippen LogP contribution in [0.2, 0.25) is 0 Å². The highest BCUT2D eigenvalue weighted by atomic mass is 16.7. The van der Waals surface area contributed by atoms with Gasteiger partial charge in [0.2, 0.25) is 12.7 Å². The predicted molar refractivity (Wildman–Crippen MR) is 93.7 cm³/mol. The molecule has 0 spiro atoms. The van der Waals surface area contributed by atoms with Crippen LogP contribution < -0.4 is 14.8 Å². The number of amides is 2. The molecular weight excluding hydrogens is 320 g/mol. The third-order valence-corrected chi connectivity index (χ3v) is 4.81. The summed E-state index contributed by atoms with van der Waals surface area (Å²) in [5, 5.41) is 3.07. The number of carbonyl (C=O) groups is 2. The van der Waals surface area contributed by atoms with E-state index in [-0.39, 0.29) is 30.6 Å². The van der Waals surface area contributed by atoms with E-state index in [0.29, 0.717) is 30.2 Å². The highest BCUT2D eigenvalue weighted by Crippen LogP contribution is 2.33. The van der Waals surface area contributed by atoms with Crippen LogP contribution >= 0.6 is 0 Å². The molecule has 2 aliphatic rings. The molecular formula is C19H26N2O4. The van der Waals surface area contributed by atoms with Crippen molar-refractivity contribution in [1.82, 2.24) is 10.2 Å². The van der Waals surface area contributed by atoms with Gasteiger partial charge in [-0.25, -0.2) is 0 Å². The summed E-state index contributed by atoms with van der Waals surface area (Å²) in [6.07, 6.45) is 3.69. The first-order valence-electron chi connectivity index (χ1n) is 9.07. The number of ether oxygens (including phenoxy) is 2. The van der Waals surface area contributed by atoms with Gasteiger partial charge in [0, 0.05) is 24.7 Å². The number of likely N-dealkylation sites (tertiary alicyclic amines) is 1. The molecule has 0 radical (unpaired) electrons. The van der Waals surface area contributed by atoms with Gasteiger partial charge >= 0.3 is 0 Å². The van der Waals surface area contributed by atoms with Gasteiger partial charge in [-0.2, -0.15) is 0 Å². The molecule has 136 valence electrons. The maximum atomic E-state index is 12.8. The number of hydrogen-bond acceptors (Lipinski definition) is 4. The molecule has 2 amide bonds. The maximum absolute atomic E-state index is 12.8. The second-order valence-electron chi connectivity index (χ2n) is 6.86. The smallest absolute Gasteiger partial charge is 0.254 e. The fourth-order valence-corrected chi connectivity index (χ4v) is 3.45. The Morgan fingerprint density at radius 2 is 2.12 bits per heavy atom. The van der Waals surface area contributed by atoms with Crippen molar-refractivity contribution in [3.8, 4) is 11.5 Å². The van der Waals surface area contributed by atoms with Crippen LogP contribution in [0.1, 0.15) is 49.9 Å². The van der Waals surface area contributed by atoms with E-state index < -0.39 is 0 Å². The van der Waals surface area contributed by atoms with Crippen molar-refractivity contribution in [2.24, 2.45) is 5.92 Å². The average molecular weight is 346 g/mol. The van der Waals surface area contributed by atoms with Gasteiger partial charge in [0.15, 0.2) is 11.5 Å². The molecule has 6 nitrogen and oxygen atoms in total. The Morgan fingerprint density at radius 3 is 2.92 bits per heavy atom. The predicted octanol–water partition coefficient (Wildman–Crippen LogP) is 2.57. The Morgan fingerprint density at radius 1 is 1.32 bits per heavy atom. The second-order valence-corrected chi connectivity index (χ2v) is 6.86. The molecule has 3 rings (SSSR count). The zero-order chi connectivity index (χ0) is 17.8. The van der Waals surface area contributed by atoms with E-state index >= 15 is 0 Å². The van der Waals surface area contributed by atoms with Crippen molar-refractivity contribution in [2.75, 3.05) is 19.9 Å². The highest BCUT2D eigenvalue weighted by molar-refractivity contribution is 5.95. The molecule has 0 unspecified atom stereocenters. The molecule has 25 heavy (non-hydrogen) atoms. The van der Waals surface area contributed by atoms with E-state index in [1.165, 1.54) is 0 Å². The lowest BCUT2D eigenvalue weighted by Gasteiger charge is -2.32. The number of benzene rings is 1. The van der Waals surface area contributed by atoms with Crippen molar-refractivity contribution in [1.29, 1.82) is 0 Å². The molecule has 0 saturated carbocycles. The lowest BCUT2D eigenvalue weighted by atomic mass is 9.96. The Kier molecular flexibility index (Phi) is 5.46. The molecule has 2 heterocycles. The number of hydrogen-bond donors (Lipinski definition) is 1. The van der Waals surface area contributed by atoms with Gasteiger partial charge in [-0.05, 0) is 44.4 Å². The Hall–Kier alpha value is -2.24. The van der Waals surface area contributed by atoms with Crippen LogP contribution in [0, 0.1) is 5.92 Å². The quantitative estimate of drug-likeness (QED) is 0.890. The van der Waals surface area contributed by atoms with Crippen molar-refractivity contribution in [3.63, 3.8) is 0 Å². The molecule has 1 saturated heterocycles. The molecule has 1 aromatic rings. The molecule has 1 N–H and O–H groups in total. The lowest BCUT2D eigenvalue weighted by Crippen LogP contribution is -2.47. The van der Waals surface area contributed by atoms with Crippen LogP contribution in [0.4, 0.5) is 0 Å². The summed E-state index contributed by atoms with van der Waals surface area (Å²) in [6.45, 7) is 5.48. The molecule has 1 fully saturated rings. The number of nitrogens with one attached hydrogen (secondary N) is 1. The van der Waals surface area contributed by atoms with Crippen molar-refractivity contribution in [2.45, 2.75) is 45.6 Å². The molecule has 2 aliphatic heterocycles. The minimum absolute atomic E-state index is 0.0580. The minimum Gasteiger partial charge on any atom is -0.454 e. The summed E-state index contributed by atoms with van der Waals surface area (Å²) in [6, 6.07) is 5.41. The Balaban J connectivity index is 1.62. The van der Waals surface area contributed by atoms with Gasteiger partial charge in [-0.15, -0.1) is 0 Å². The van der Waals surface area contributed by atoms with Crippen molar-refractivity contribution < 1.29 is 19.1 Å². The van der Waals surface area contributed by atoms with Crippen LogP contribution in [-0.2, 0) is 4.79 Å². The van der Waals surface area contributed by atoms with E-state index in [4.69, 9.17) is 9.47 Å². The third-order valence-electron chi connectivity index (χ3n) is 4.81. The van der Waals surface area contributed by atoms with Crippen LogP contribution in [0.25, 0.3) is 0 Å². The summed E-state index contributed by atoms with van der Waals surface area (Å²) < 4.78 is 10.6. The van der Waals surface area contributed by atoms with Gasteiger partial charge < -0.3 is 19.7 Å². The molecule has 0 aliphatic carbocycles. The van der Waals surface area contributed by atoms with Crippen LogP contribution in [0.15, 0.2) is 18.2 Å². The van der Waals surface area contributed by atoms with Gasteiger partial charge in [0.1, 0.15) is 0 Å². The number of fused-ring (bicyclic) bond motifs is 1. The van der Waals surface area contributed by atoms with Crippen LogP contribution in [0.5, 0.6) is 11.5 Å². The fraction of sp³-hybridized carbons (Fsp3) is 0.579. The molecule has 0 bridgehead atoms. The van der Waals surface area contributed by atoms with E-state index in [1.807, 2.05) is 6.92 Å². The first kappa shape index (κ1) is 17.6. The average Bonchev–Trinajstić information content (AvgIpc) is 3.09. The summed E-state index contributed by atoms with van der Waals surface area (Å²) in [5.41, 5.74) is 0.574. The third kappa shape index (κ3) is 4.06. The van der Waals surface area contributed by atoms with Crippen molar-refractivity contribution >= 4 is 11.8 Å². The van der Waals surface area contributed by atoms with E-state index in [9.17, 15) is 9.59 Å². The standard InChI is InChI=1S/C19H26N2O4/c1-3-5-13(2)20-18(22)15-6-4-9-21(11-15)19(23)14-7-8-16-17(10-14)25-12-24-16/h7-8,10,13,15H,3-6,9,11-12H2,1-2H3,(H,20,22)/t13-,15+/m1/s1. The number of nitrogens with zero attached hydrogens (tertiary/aromatic N) is 1. The zero-order valence-corrected chi connectivity index (χ0v) is 14.9. The second kappa shape index (κ2) is 7.76. The molecule has 0 aromatic heterocycles. The summed E-state index contributed by atoms with van der Waals surface area (Å²) in [7, 11) is 0. The van der Waals surface area contributed by atoms with Crippen molar-refractivity contribution in [3.05, 3.63) is 23.8 Å². The van der Waals surface area contributed by atoms with Crippen LogP contribution in [-0.4, -0.2) is 42.6 Å². The topological polar surface area (TPSA) is 67.9 Å². The Labute approximate surface area is 148 Å². The number of rotatable bonds is 5. The minimum atomic E-state index is -0.133. The number of carbonyl (C=O) groups excluding carboxylic acids is 2. The van der Waals surface area contributed by atoms with Gasteiger partial charge in [0.25, 0.3) is 5.91 Å². The zero-order valence-electron chi connectivity index (χ0n) is 14.9. The number of piperidine rings is 1. The maximum Gasteiger partial charge on any atom is 0.254 e. The first-order chi connectivity index (χ1) is 12.1. The van der Waals surface area contributed by atoms with E-state index in [1.54, 1.807) is 23.1 Å². The summed E-state index contributed by atoms with van der Waals surface area (Å²) >= 11 is 0. The van der Waals surface area contributed by atoms with Gasteiger partial charge in [0.05, 0.1) is 5.92 Å². The summed E-state index contributed by atoms with van der Waals surface area (Å²) in [4.78, 5) is 27.0. The largest absolute Gasteiger partial charge is 0.454 e. The molecule has 2 atom stereocenters. The monoisotopic (exact) mass is 346 g/mol. The van der Waals surface area contributed by atoms with Crippen LogP contribution in [0.3, 0.4) is 0 Å². The van der Waals surface area contributed by atoms with Gasteiger partial charge in [-0.1, -0.05) is 13.3 Å². The van der Waals surface area contributed by atoms with E-state index in [0.717, 1.165) is 25.7 Å². The van der Waals surface area contributed by atoms with E-state index in [2.05, 4.69) is 12.2 Å². The molecule has 1 aromatic carbocycles. The fourth-order valence-electron chi connectivity index (χ4n) is 3.45. The molecule has 6 heteroatoms.